The average Bonchev–Trinajstić information content (AvgIpc) is 3.91. The van der Waals surface area contributed by atoms with Gasteiger partial charge in [0.25, 0.3) is 27.5 Å². The number of amides is 1. The molecule has 2 aliphatic heterocycles. The van der Waals surface area contributed by atoms with E-state index in [0.29, 0.717) is 48.1 Å². The lowest BCUT2D eigenvalue weighted by atomic mass is 9.94. The van der Waals surface area contributed by atoms with Crippen molar-refractivity contribution in [3.63, 3.8) is 0 Å². The molecule has 0 bridgehead atoms. The number of benzene rings is 4. The van der Waals surface area contributed by atoms with Gasteiger partial charge in [-0.3, -0.25) is 14.9 Å². The number of fused-ring (bicyclic) bond motifs is 1. The Morgan fingerprint density at radius 2 is 1.70 bits per heavy atom. The number of halogens is 2. The predicted molar refractivity (Wildman–Crippen MR) is 226 cm³/mol. The van der Waals surface area contributed by atoms with Gasteiger partial charge in [-0.1, -0.05) is 42.5 Å². The van der Waals surface area contributed by atoms with Crippen LogP contribution in [0.4, 0.5) is 25.8 Å². The van der Waals surface area contributed by atoms with Crippen LogP contribution in [0.25, 0.3) is 22.2 Å². The topological polar surface area (TPSA) is 169 Å². The summed E-state index contributed by atoms with van der Waals surface area (Å²) in [5.74, 6) is -2.99. The summed E-state index contributed by atoms with van der Waals surface area (Å²) in [5, 5.41) is 15.9. The molecule has 1 amide bonds. The lowest BCUT2D eigenvalue weighted by Crippen LogP contribution is -2.31. The molecule has 13 nitrogen and oxygen atoms in total. The van der Waals surface area contributed by atoms with Gasteiger partial charge in [-0.15, -0.1) is 0 Å². The third-order valence-corrected chi connectivity index (χ3v) is 13.0. The molecule has 3 aliphatic rings. The number of aromatic nitrogens is 2. The monoisotopic (exact) mass is 848 g/mol. The SMILES string of the molecule is O=C(NS(=O)(=O)c1ccc(NCC2CCOCC2)c([N+](=O)[O-])c1)c1ccc(-c2ccc(N3CC(F)(F)C[C@H]3c3ccccc3C3CC3)cc2)cc1Oc1cnc2[nH]ccc2c1. The van der Waals surface area contributed by atoms with E-state index >= 15 is 8.78 Å². The second-order valence-electron chi connectivity index (χ2n) is 15.9. The maximum atomic E-state index is 15.1. The number of hydrogen-bond donors (Lipinski definition) is 3. The zero-order valence-electron chi connectivity index (χ0n) is 32.9. The molecule has 3 fully saturated rings. The highest BCUT2D eigenvalue weighted by Gasteiger charge is 2.47. The number of nitro benzene ring substituents is 1. The van der Waals surface area contributed by atoms with Crippen molar-refractivity contribution in [3.05, 3.63) is 136 Å². The van der Waals surface area contributed by atoms with Crippen LogP contribution in [0.1, 0.15) is 65.5 Å². The molecule has 9 rings (SSSR count). The molecule has 3 N–H and O–H groups in total. The molecular weight excluding hydrogens is 807 g/mol. The predicted octanol–water partition coefficient (Wildman–Crippen LogP) is 9.35. The number of nitro groups is 1. The van der Waals surface area contributed by atoms with E-state index in [2.05, 4.69) is 20.0 Å². The van der Waals surface area contributed by atoms with Crippen LogP contribution in [0.5, 0.6) is 11.5 Å². The van der Waals surface area contributed by atoms with Crippen molar-refractivity contribution in [2.45, 2.75) is 54.9 Å². The summed E-state index contributed by atoms with van der Waals surface area (Å²) < 4.78 is 71.1. The number of nitrogens with zero attached hydrogens (tertiary/aromatic N) is 3. The van der Waals surface area contributed by atoms with Gasteiger partial charge < -0.3 is 24.7 Å². The van der Waals surface area contributed by atoms with E-state index in [1.165, 1.54) is 24.4 Å². The normalized spacial score (nSPS) is 17.9. The first-order chi connectivity index (χ1) is 29.4. The standard InChI is InChI=1S/C45H42F2N6O7S/c46-45(47)24-41(37-4-2-1-3-36(37)30-5-6-30)52(27-45)33-10-7-29(8-11-33)31-9-13-38(42(22-31)60-34-21-32-15-18-48-43(32)50-26-34)44(54)51-61(57,58)35-12-14-39(40(23-35)53(55)56)49-25-28-16-19-59-20-17-28/h1-4,7-15,18,21-23,26,28,30,41,49H,5-6,16-17,19-20,24-25,27H2,(H,48,50)(H,51,54)/t41-/m0/s1. The van der Waals surface area contributed by atoms with Crippen LogP contribution in [-0.4, -0.2) is 61.4 Å². The molecule has 2 aromatic heterocycles. The van der Waals surface area contributed by atoms with Gasteiger partial charge in [0.1, 0.15) is 22.8 Å². The molecule has 1 saturated carbocycles. The van der Waals surface area contributed by atoms with Crippen LogP contribution < -0.4 is 19.7 Å². The summed E-state index contributed by atoms with van der Waals surface area (Å²) in [6, 6.07) is 26.2. The molecular formula is C45H42F2N6O7S. The van der Waals surface area contributed by atoms with Crippen LogP contribution in [0, 0.1) is 16.0 Å². The Labute approximate surface area is 350 Å². The third kappa shape index (κ3) is 8.63. The first kappa shape index (κ1) is 40.0. The Hall–Kier alpha value is -6.39. The number of nitrogens with one attached hydrogen (secondary N) is 3. The summed E-state index contributed by atoms with van der Waals surface area (Å²) in [7, 11) is -4.62. The highest BCUT2D eigenvalue weighted by molar-refractivity contribution is 7.90. The summed E-state index contributed by atoms with van der Waals surface area (Å²) >= 11 is 0. The van der Waals surface area contributed by atoms with Gasteiger partial charge in [0.15, 0.2) is 0 Å². The Bertz CT molecular complexity index is 2740. The maximum absolute atomic E-state index is 15.1. The second-order valence-corrected chi connectivity index (χ2v) is 17.5. The van der Waals surface area contributed by atoms with Crippen molar-refractivity contribution < 1.29 is 36.4 Å². The molecule has 4 heterocycles. The van der Waals surface area contributed by atoms with E-state index in [-0.39, 0.29) is 35.1 Å². The van der Waals surface area contributed by atoms with E-state index in [9.17, 15) is 23.3 Å². The largest absolute Gasteiger partial charge is 0.455 e. The molecule has 1 aliphatic carbocycles. The van der Waals surface area contributed by atoms with Crippen molar-refractivity contribution in [2.75, 3.05) is 36.5 Å². The number of aromatic amines is 1. The third-order valence-electron chi connectivity index (χ3n) is 11.6. The lowest BCUT2D eigenvalue weighted by Gasteiger charge is -2.28. The van der Waals surface area contributed by atoms with Gasteiger partial charge >= 0.3 is 0 Å². The molecule has 1 atom stereocenters. The number of alkyl halides is 2. The number of ether oxygens (including phenoxy) is 2. The average molecular weight is 849 g/mol. The van der Waals surface area contributed by atoms with Crippen molar-refractivity contribution in [1.29, 1.82) is 0 Å². The summed E-state index contributed by atoms with van der Waals surface area (Å²) in [5.41, 5.74) is 4.17. The first-order valence-corrected chi connectivity index (χ1v) is 21.7. The number of pyridine rings is 1. The number of carbonyl (C=O) groups excluding carboxylic acids is 1. The van der Waals surface area contributed by atoms with Crippen molar-refractivity contribution in [3.8, 4) is 22.6 Å². The van der Waals surface area contributed by atoms with Crippen molar-refractivity contribution in [2.24, 2.45) is 5.92 Å². The molecule has 4 aromatic carbocycles. The van der Waals surface area contributed by atoms with Gasteiger partial charge in [-0.2, -0.15) is 0 Å². The van der Waals surface area contributed by atoms with Gasteiger partial charge in [0, 0.05) is 49.5 Å². The van der Waals surface area contributed by atoms with Crippen molar-refractivity contribution in [1.82, 2.24) is 14.7 Å². The molecule has 2 saturated heterocycles. The number of rotatable bonds is 13. The highest BCUT2D eigenvalue weighted by Crippen LogP contribution is 2.49. The Balaban J connectivity index is 0.992. The van der Waals surface area contributed by atoms with Crippen LogP contribution in [0.15, 0.2) is 114 Å². The zero-order chi connectivity index (χ0) is 42.3. The lowest BCUT2D eigenvalue weighted by molar-refractivity contribution is -0.384. The molecule has 0 radical (unpaired) electrons. The number of sulfonamides is 1. The minimum absolute atomic E-state index is 0.000496. The van der Waals surface area contributed by atoms with Crippen molar-refractivity contribution >= 4 is 44.0 Å². The molecule has 16 heteroatoms. The Kier molecular flexibility index (Phi) is 10.7. The molecule has 6 aromatic rings. The fourth-order valence-electron chi connectivity index (χ4n) is 8.29. The molecule has 0 spiro atoms. The van der Waals surface area contributed by atoms with Gasteiger partial charge in [0.2, 0.25) is 0 Å². The summed E-state index contributed by atoms with van der Waals surface area (Å²) in [4.78, 5) is 33.9. The number of hydrogen-bond acceptors (Lipinski definition) is 10. The van der Waals surface area contributed by atoms with E-state index in [4.69, 9.17) is 9.47 Å². The summed E-state index contributed by atoms with van der Waals surface area (Å²) in [6.45, 7) is 1.25. The van der Waals surface area contributed by atoms with Crippen LogP contribution >= 0.6 is 0 Å². The highest BCUT2D eigenvalue weighted by atomic mass is 32.2. The second kappa shape index (κ2) is 16.2. The fraction of sp³-hybridized carbons (Fsp3) is 0.289. The number of H-pyrrole nitrogens is 1. The van der Waals surface area contributed by atoms with Crippen LogP contribution in [0.3, 0.4) is 0 Å². The van der Waals surface area contributed by atoms with Gasteiger partial charge in [-0.05, 0) is 108 Å². The van der Waals surface area contributed by atoms with E-state index in [1.807, 2.05) is 24.3 Å². The van der Waals surface area contributed by atoms with E-state index < -0.39 is 49.9 Å². The fourth-order valence-corrected chi connectivity index (χ4v) is 9.27. The smallest absolute Gasteiger partial charge is 0.293 e. The Morgan fingerprint density at radius 1 is 0.951 bits per heavy atom. The van der Waals surface area contributed by atoms with E-state index in [1.54, 1.807) is 59.6 Å². The minimum Gasteiger partial charge on any atom is -0.455 e. The summed E-state index contributed by atoms with van der Waals surface area (Å²) in [6.07, 6.45) is 6.61. The van der Waals surface area contributed by atoms with Gasteiger partial charge in [-0.25, -0.2) is 26.9 Å². The molecule has 0 unspecified atom stereocenters. The molecule has 314 valence electrons. The van der Waals surface area contributed by atoms with Crippen LogP contribution in [0.2, 0.25) is 0 Å². The molecule has 61 heavy (non-hydrogen) atoms. The van der Waals surface area contributed by atoms with Gasteiger partial charge in [0.05, 0.1) is 34.2 Å². The Morgan fingerprint density at radius 3 is 2.46 bits per heavy atom. The van der Waals surface area contributed by atoms with E-state index in [0.717, 1.165) is 48.3 Å². The number of anilines is 2. The first-order valence-electron chi connectivity index (χ1n) is 20.2. The van der Waals surface area contributed by atoms with Crippen LogP contribution in [-0.2, 0) is 14.8 Å². The minimum atomic E-state index is -4.62. The maximum Gasteiger partial charge on any atom is 0.293 e. The zero-order valence-corrected chi connectivity index (χ0v) is 33.7. The number of carbonyl (C=O) groups is 1. The quantitative estimate of drug-likeness (QED) is 0.0752.